The van der Waals surface area contributed by atoms with Gasteiger partial charge in [-0.1, -0.05) is 43.6 Å². The molecular weight excluding hydrogens is 386 g/mol. The Morgan fingerprint density at radius 1 is 1.17 bits per heavy atom. The Balaban J connectivity index is 1.78. The normalized spacial score (nSPS) is 13.8. The van der Waals surface area contributed by atoms with Gasteiger partial charge < -0.3 is 16.0 Å². The van der Waals surface area contributed by atoms with Crippen molar-refractivity contribution in [2.75, 3.05) is 18.4 Å². The maximum absolute atomic E-state index is 12.8. The van der Waals surface area contributed by atoms with E-state index < -0.39 is 0 Å². The van der Waals surface area contributed by atoms with E-state index in [1.165, 1.54) is 0 Å². The highest BCUT2D eigenvalue weighted by molar-refractivity contribution is 6.31. The zero-order chi connectivity index (χ0) is 21.0. The summed E-state index contributed by atoms with van der Waals surface area (Å²) in [6.45, 7) is 5.56. The molecule has 0 atom stereocenters. The molecule has 29 heavy (non-hydrogen) atoms. The van der Waals surface area contributed by atoms with E-state index in [9.17, 15) is 9.59 Å². The number of nitrogens with two attached hydrogens (primary N) is 1. The molecule has 0 saturated heterocycles. The van der Waals surface area contributed by atoms with E-state index in [1.54, 1.807) is 24.3 Å². The Morgan fingerprint density at radius 3 is 2.48 bits per heavy atom. The summed E-state index contributed by atoms with van der Waals surface area (Å²) in [6.07, 6.45) is 1.89. The van der Waals surface area contributed by atoms with E-state index in [0.717, 1.165) is 18.4 Å². The van der Waals surface area contributed by atoms with Crippen molar-refractivity contribution in [2.24, 2.45) is 17.1 Å². The Hall–Kier alpha value is -2.37. The summed E-state index contributed by atoms with van der Waals surface area (Å²) in [7, 11) is 0. The van der Waals surface area contributed by atoms with Crippen molar-refractivity contribution in [3.63, 3.8) is 0 Å². The molecule has 3 rings (SSSR count). The Bertz CT molecular complexity index is 879. The van der Waals surface area contributed by atoms with Crippen LogP contribution in [-0.4, -0.2) is 29.8 Å². The Morgan fingerprint density at radius 2 is 1.86 bits per heavy atom. The molecule has 154 valence electrons. The van der Waals surface area contributed by atoms with Gasteiger partial charge in [-0.05, 0) is 60.7 Å². The van der Waals surface area contributed by atoms with Crippen LogP contribution in [0, 0.1) is 11.3 Å². The maximum atomic E-state index is 12.8. The van der Waals surface area contributed by atoms with Gasteiger partial charge in [0.05, 0.1) is 0 Å². The lowest BCUT2D eigenvalue weighted by molar-refractivity contribution is -0.134. The smallest absolute Gasteiger partial charge is 0.255 e. The van der Waals surface area contributed by atoms with E-state index in [1.807, 2.05) is 29.2 Å². The molecule has 0 radical (unpaired) electrons. The minimum absolute atomic E-state index is 0.114. The van der Waals surface area contributed by atoms with Crippen LogP contribution in [0.5, 0.6) is 0 Å². The molecule has 1 aliphatic carbocycles. The second-order valence-electron chi connectivity index (χ2n) is 8.46. The lowest BCUT2D eigenvalue weighted by atomic mass is 9.92. The number of hydrogen-bond donors (Lipinski definition) is 2. The fourth-order valence-electron chi connectivity index (χ4n) is 3.15. The van der Waals surface area contributed by atoms with Gasteiger partial charge in [0.1, 0.15) is 0 Å². The number of anilines is 1. The van der Waals surface area contributed by atoms with Crippen LogP contribution in [0.1, 0.15) is 42.6 Å². The van der Waals surface area contributed by atoms with Crippen molar-refractivity contribution < 1.29 is 9.59 Å². The molecule has 0 spiro atoms. The van der Waals surface area contributed by atoms with Gasteiger partial charge >= 0.3 is 0 Å². The average Bonchev–Trinajstić information content (AvgIpc) is 3.55. The van der Waals surface area contributed by atoms with Crippen LogP contribution in [0.2, 0.25) is 5.02 Å². The second kappa shape index (κ2) is 8.97. The third kappa shape index (κ3) is 5.81. The number of carbonyl (C=O) groups excluding carboxylic acids is 2. The first-order chi connectivity index (χ1) is 13.8. The summed E-state index contributed by atoms with van der Waals surface area (Å²) < 4.78 is 0. The van der Waals surface area contributed by atoms with Gasteiger partial charge in [-0.2, -0.15) is 0 Å². The van der Waals surface area contributed by atoms with E-state index in [2.05, 4.69) is 19.2 Å². The third-order valence-electron chi connectivity index (χ3n) is 5.11. The highest BCUT2D eigenvalue weighted by atomic mass is 35.5. The number of nitrogens with zero attached hydrogens (tertiary/aromatic N) is 1. The van der Waals surface area contributed by atoms with Gasteiger partial charge in [-0.15, -0.1) is 0 Å². The third-order valence-corrected chi connectivity index (χ3v) is 5.48. The molecule has 0 unspecified atom stereocenters. The zero-order valence-corrected chi connectivity index (χ0v) is 17.7. The minimum Gasteiger partial charge on any atom is -0.337 e. The van der Waals surface area contributed by atoms with Crippen molar-refractivity contribution in [1.29, 1.82) is 0 Å². The van der Waals surface area contributed by atoms with Gasteiger partial charge in [-0.3, -0.25) is 9.59 Å². The number of carbonyl (C=O) groups is 2. The summed E-state index contributed by atoms with van der Waals surface area (Å²) in [5.41, 5.74) is 7.74. The van der Waals surface area contributed by atoms with Crippen LogP contribution < -0.4 is 11.1 Å². The largest absolute Gasteiger partial charge is 0.337 e. The van der Waals surface area contributed by atoms with Gasteiger partial charge in [0.25, 0.3) is 5.91 Å². The Kier molecular flexibility index (Phi) is 6.60. The first kappa shape index (κ1) is 21.3. The number of hydrogen-bond acceptors (Lipinski definition) is 3. The fraction of sp³-hybridized carbons (Fsp3) is 0.391. The maximum Gasteiger partial charge on any atom is 0.255 e. The van der Waals surface area contributed by atoms with Crippen molar-refractivity contribution in [1.82, 2.24) is 4.90 Å². The van der Waals surface area contributed by atoms with Crippen LogP contribution in [-0.2, 0) is 11.3 Å². The molecule has 3 N–H and O–H groups in total. The summed E-state index contributed by atoms with van der Waals surface area (Å²) in [4.78, 5) is 27.1. The summed E-state index contributed by atoms with van der Waals surface area (Å²) in [5.74, 6) is 0.0821. The number of amides is 2. The number of rotatable bonds is 8. The molecule has 0 aliphatic heterocycles. The van der Waals surface area contributed by atoms with Crippen molar-refractivity contribution in [3.8, 4) is 0 Å². The first-order valence-electron chi connectivity index (χ1n) is 9.93. The van der Waals surface area contributed by atoms with Crippen molar-refractivity contribution >= 4 is 29.1 Å². The standard InChI is InChI=1S/C23H28ClN3O2/c1-23(2,14-25)15-27(22(29)17-8-9-17)13-18-12-19(10-11-20(18)24)26-21(28)16-6-4-3-5-7-16/h3-7,10-12,17H,8-9,13-15,25H2,1-2H3,(H,26,28). The van der Waals surface area contributed by atoms with Crippen LogP contribution in [0.4, 0.5) is 5.69 Å². The molecular formula is C23H28ClN3O2. The molecule has 2 aromatic rings. The predicted octanol–water partition coefficient (Wildman–Crippen LogP) is 4.32. The summed E-state index contributed by atoms with van der Waals surface area (Å²) in [6, 6.07) is 14.4. The van der Waals surface area contributed by atoms with Crippen molar-refractivity contribution in [2.45, 2.75) is 33.2 Å². The molecule has 2 amide bonds. The van der Waals surface area contributed by atoms with E-state index in [0.29, 0.717) is 35.9 Å². The Labute approximate surface area is 177 Å². The van der Waals surface area contributed by atoms with Crippen LogP contribution in [0.25, 0.3) is 0 Å². The van der Waals surface area contributed by atoms with Crippen LogP contribution >= 0.6 is 11.6 Å². The zero-order valence-electron chi connectivity index (χ0n) is 17.0. The predicted molar refractivity (Wildman–Crippen MR) is 117 cm³/mol. The lowest BCUT2D eigenvalue weighted by Crippen LogP contribution is -2.42. The van der Waals surface area contributed by atoms with Gasteiger partial charge in [0.15, 0.2) is 0 Å². The summed E-state index contributed by atoms with van der Waals surface area (Å²) >= 11 is 6.42. The molecule has 5 nitrogen and oxygen atoms in total. The van der Waals surface area contributed by atoms with Gasteiger partial charge in [-0.25, -0.2) is 0 Å². The van der Waals surface area contributed by atoms with E-state index >= 15 is 0 Å². The fourth-order valence-corrected chi connectivity index (χ4v) is 3.33. The number of nitrogens with one attached hydrogen (secondary N) is 1. The van der Waals surface area contributed by atoms with Gasteiger partial charge in [0, 0.05) is 35.3 Å². The molecule has 1 saturated carbocycles. The van der Waals surface area contributed by atoms with E-state index in [-0.39, 0.29) is 23.1 Å². The molecule has 0 bridgehead atoms. The van der Waals surface area contributed by atoms with Crippen LogP contribution in [0.3, 0.4) is 0 Å². The number of benzene rings is 2. The van der Waals surface area contributed by atoms with Crippen LogP contribution in [0.15, 0.2) is 48.5 Å². The lowest BCUT2D eigenvalue weighted by Gasteiger charge is -2.32. The first-order valence-corrected chi connectivity index (χ1v) is 10.3. The molecule has 0 aromatic heterocycles. The van der Waals surface area contributed by atoms with Crippen molar-refractivity contribution in [3.05, 3.63) is 64.7 Å². The SMILES string of the molecule is CC(C)(CN)CN(Cc1cc(NC(=O)c2ccccc2)ccc1Cl)C(=O)C1CC1. The topological polar surface area (TPSA) is 75.4 Å². The minimum atomic E-state index is -0.186. The highest BCUT2D eigenvalue weighted by Gasteiger charge is 2.35. The van der Waals surface area contributed by atoms with E-state index in [4.69, 9.17) is 17.3 Å². The summed E-state index contributed by atoms with van der Waals surface area (Å²) in [5, 5.41) is 3.47. The molecule has 1 aliphatic rings. The monoisotopic (exact) mass is 413 g/mol. The number of halogens is 1. The molecule has 2 aromatic carbocycles. The molecule has 1 fully saturated rings. The molecule has 0 heterocycles. The molecule has 6 heteroatoms. The quantitative estimate of drug-likeness (QED) is 0.676. The second-order valence-corrected chi connectivity index (χ2v) is 8.87. The highest BCUT2D eigenvalue weighted by Crippen LogP contribution is 2.33. The average molecular weight is 414 g/mol. The van der Waals surface area contributed by atoms with Gasteiger partial charge in [0.2, 0.25) is 5.91 Å².